The van der Waals surface area contributed by atoms with Gasteiger partial charge in [-0.15, -0.1) is 0 Å². The second-order valence-corrected chi connectivity index (χ2v) is 2.97. The summed E-state index contributed by atoms with van der Waals surface area (Å²) in [6.07, 6.45) is 2.38. The minimum Gasteiger partial charge on any atom is -0.469 e. The molecule has 12 heavy (non-hydrogen) atoms. The van der Waals surface area contributed by atoms with E-state index in [1.807, 2.05) is 0 Å². The molecule has 4 nitrogen and oxygen atoms in total. The predicted octanol–water partition coefficient (Wildman–Crippen LogP) is 0.0558. The fourth-order valence-electron chi connectivity index (χ4n) is 1.37. The average Bonchev–Trinajstić information content (AvgIpc) is 2.52. The lowest BCUT2D eigenvalue weighted by Crippen LogP contribution is -2.22. The Morgan fingerprint density at radius 1 is 1.58 bits per heavy atom. The number of carbonyl (C=O) groups excluding carboxylic acids is 1. The van der Waals surface area contributed by atoms with E-state index in [4.69, 9.17) is 10.5 Å². The molecule has 0 saturated carbocycles. The Kier molecular flexibility index (Phi) is 3.49. The van der Waals surface area contributed by atoms with Gasteiger partial charge in [-0.2, -0.15) is 0 Å². The van der Waals surface area contributed by atoms with Crippen molar-refractivity contribution in [3.63, 3.8) is 0 Å². The van der Waals surface area contributed by atoms with Crippen LogP contribution in [-0.2, 0) is 14.3 Å². The van der Waals surface area contributed by atoms with Crippen LogP contribution in [0.5, 0.6) is 0 Å². The average molecular weight is 173 g/mol. The molecule has 1 fully saturated rings. The monoisotopic (exact) mass is 173 g/mol. The van der Waals surface area contributed by atoms with E-state index in [1.54, 1.807) is 0 Å². The smallest absolute Gasteiger partial charge is 0.308 e. The van der Waals surface area contributed by atoms with E-state index >= 15 is 0 Å². The van der Waals surface area contributed by atoms with Gasteiger partial charge in [0.05, 0.1) is 25.7 Å². The van der Waals surface area contributed by atoms with Crippen molar-refractivity contribution in [2.45, 2.75) is 31.5 Å². The molecule has 2 unspecified atom stereocenters. The summed E-state index contributed by atoms with van der Waals surface area (Å²) in [6.45, 7) is 0.539. The fourth-order valence-corrected chi connectivity index (χ4v) is 1.37. The molecule has 1 rings (SSSR count). The molecule has 0 spiro atoms. The third-order valence-corrected chi connectivity index (χ3v) is 2.08. The van der Waals surface area contributed by atoms with Gasteiger partial charge in [-0.25, -0.2) is 0 Å². The standard InChI is InChI=1S/C8H15NO3/c1-11-8(10)4-6-2-3-7(5-9)12-6/h6-7H,2-5,9H2,1H3. The first-order valence-corrected chi connectivity index (χ1v) is 4.18. The second kappa shape index (κ2) is 4.42. The van der Waals surface area contributed by atoms with Crippen LogP contribution < -0.4 is 5.73 Å². The van der Waals surface area contributed by atoms with Gasteiger partial charge in [-0.1, -0.05) is 0 Å². The summed E-state index contributed by atoms with van der Waals surface area (Å²) in [5.41, 5.74) is 5.42. The van der Waals surface area contributed by atoms with Crippen LogP contribution in [-0.4, -0.2) is 31.8 Å². The van der Waals surface area contributed by atoms with Crippen LogP contribution in [0.25, 0.3) is 0 Å². The second-order valence-electron chi connectivity index (χ2n) is 2.97. The molecule has 0 bridgehead atoms. The van der Waals surface area contributed by atoms with E-state index < -0.39 is 0 Å². The quantitative estimate of drug-likeness (QED) is 0.613. The van der Waals surface area contributed by atoms with Gasteiger partial charge < -0.3 is 15.2 Å². The van der Waals surface area contributed by atoms with Crippen LogP contribution in [0, 0.1) is 0 Å². The highest BCUT2D eigenvalue weighted by Crippen LogP contribution is 2.21. The Bertz CT molecular complexity index is 160. The summed E-state index contributed by atoms with van der Waals surface area (Å²) in [6, 6.07) is 0. The van der Waals surface area contributed by atoms with Crippen molar-refractivity contribution in [2.75, 3.05) is 13.7 Å². The Balaban J connectivity index is 2.23. The molecule has 0 radical (unpaired) electrons. The molecular formula is C8H15NO3. The van der Waals surface area contributed by atoms with Crippen molar-refractivity contribution in [1.29, 1.82) is 0 Å². The SMILES string of the molecule is COC(=O)CC1CCC(CN)O1. The first-order chi connectivity index (χ1) is 5.76. The van der Waals surface area contributed by atoms with Gasteiger partial charge in [0, 0.05) is 6.54 Å². The Labute approximate surface area is 72.0 Å². The first-order valence-electron chi connectivity index (χ1n) is 4.18. The lowest BCUT2D eigenvalue weighted by atomic mass is 10.1. The van der Waals surface area contributed by atoms with Gasteiger partial charge in [0.2, 0.25) is 0 Å². The first kappa shape index (κ1) is 9.48. The lowest BCUT2D eigenvalue weighted by Gasteiger charge is -2.10. The summed E-state index contributed by atoms with van der Waals surface area (Å²) < 4.78 is 9.99. The van der Waals surface area contributed by atoms with Crippen LogP contribution in [0.4, 0.5) is 0 Å². The number of rotatable bonds is 3. The third-order valence-electron chi connectivity index (χ3n) is 2.08. The van der Waals surface area contributed by atoms with Gasteiger partial charge in [0.15, 0.2) is 0 Å². The highest BCUT2D eigenvalue weighted by atomic mass is 16.5. The number of methoxy groups -OCH3 is 1. The Morgan fingerprint density at radius 2 is 2.25 bits per heavy atom. The molecule has 2 N–H and O–H groups in total. The number of ether oxygens (including phenoxy) is 2. The molecule has 70 valence electrons. The molecule has 0 aromatic carbocycles. The molecule has 1 aliphatic rings. The van der Waals surface area contributed by atoms with E-state index in [9.17, 15) is 4.79 Å². The maximum Gasteiger partial charge on any atom is 0.308 e. The number of carbonyl (C=O) groups is 1. The topological polar surface area (TPSA) is 61.5 Å². The number of nitrogens with two attached hydrogens (primary N) is 1. The molecule has 0 aromatic heterocycles. The van der Waals surface area contributed by atoms with Crippen LogP contribution in [0.15, 0.2) is 0 Å². The van der Waals surface area contributed by atoms with Crippen molar-refractivity contribution in [3.8, 4) is 0 Å². The molecule has 1 aliphatic heterocycles. The fraction of sp³-hybridized carbons (Fsp3) is 0.875. The number of hydrogen-bond donors (Lipinski definition) is 1. The molecule has 1 heterocycles. The maximum atomic E-state index is 10.8. The normalized spacial score (nSPS) is 28.8. The molecule has 2 atom stereocenters. The highest BCUT2D eigenvalue weighted by Gasteiger charge is 2.26. The van der Waals surface area contributed by atoms with E-state index in [-0.39, 0.29) is 18.2 Å². The van der Waals surface area contributed by atoms with Crippen molar-refractivity contribution in [2.24, 2.45) is 5.73 Å². The maximum absolute atomic E-state index is 10.8. The molecular weight excluding hydrogens is 158 g/mol. The molecule has 0 aromatic rings. The Hall–Kier alpha value is -0.610. The van der Waals surface area contributed by atoms with Crippen LogP contribution in [0.2, 0.25) is 0 Å². The van der Waals surface area contributed by atoms with Gasteiger partial charge in [-0.05, 0) is 12.8 Å². The molecule has 1 saturated heterocycles. The van der Waals surface area contributed by atoms with Gasteiger partial charge in [-0.3, -0.25) is 4.79 Å². The van der Waals surface area contributed by atoms with E-state index in [2.05, 4.69) is 4.74 Å². The third kappa shape index (κ3) is 2.46. The number of hydrogen-bond acceptors (Lipinski definition) is 4. The molecule has 0 amide bonds. The summed E-state index contributed by atoms with van der Waals surface area (Å²) in [4.78, 5) is 10.8. The van der Waals surface area contributed by atoms with Crippen molar-refractivity contribution in [3.05, 3.63) is 0 Å². The zero-order chi connectivity index (χ0) is 8.97. The minimum absolute atomic E-state index is 0.0194. The number of esters is 1. The van der Waals surface area contributed by atoms with Gasteiger partial charge in [0.1, 0.15) is 0 Å². The van der Waals surface area contributed by atoms with E-state index in [0.717, 1.165) is 12.8 Å². The minimum atomic E-state index is -0.210. The predicted molar refractivity (Wildman–Crippen MR) is 43.6 cm³/mol. The van der Waals surface area contributed by atoms with Gasteiger partial charge in [0.25, 0.3) is 0 Å². The van der Waals surface area contributed by atoms with Crippen LogP contribution in [0.1, 0.15) is 19.3 Å². The zero-order valence-corrected chi connectivity index (χ0v) is 7.29. The van der Waals surface area contributed by atoms with Crippen molar-refractivity contribution in [1.82, 2.24) is 0 Å². The van der Waals surface area contributed by atoms with Gasteiger partial charge >= 0.3 is 5.97 Å². The van der Waals surface area contributed by atoms with Crippen molar-refractivity contribution >= 4 is 5.97 Å². The van der Waals surface area contributed by atoms with E-state index in [0.29, 0.717) is 13.0 Å². The van der Waals surface area contributed by atoms with Crippen LogP contribution >= 0.6 is 0 Å². The largest absolute Gasteiger partial charge is 0.469 e. The van der Waals surface area contributed by atoms with Crippen molar-refractivity contribution < 1.29 is 14.3 Å². The summed E-state index contributed by atoms with van der Waals surface area (Å²) in [5, 5.41) is 0. The summed E-state index contributed by atoms with van der Waals surface area (Å²) in [5.74, 6) is -0.210. The van der Waals surface area contributed by atoms with E-state index in [1.165, 1.54) is 7.11 Å². The molecule has 4 heteroatoms. The van der Waals surface area contributed by atoms with Crippen LogP contribution in [0.3, 0.4) is 0 Å². The lowest BCUT2D eigenvalue weighted by molar-refractivity contribution is -0.143. The summed E-state index contributed by atoms with van der Waals surface area (Å²) >= 11 is 0. The zero-order valence-electron chi connectivity index (χ0n) is 7.29. The molecule has 0 aliphatic carbocycles. The Morgan fingerprint density at radius 3 is 2.75 bits per heavy atom. The highest BCUT2D eigenvalue weighted by molar-refractivity contribution is 5.69. The summed E-state index contributed by atoms with van der Waals surface area (Å²) in [7, 11) is 1.39.